The van der Waals surface area contributed by atoms with Crippen molar-refractivity contribution < 1.29 is 0 Å². The summed E-state index contributed by atoms with van der Waals surface area (Å²) in [4.78, 5) is 4.74. The highest BCUT2D eigenvalue weighted by Crippen LogP contribution is 2.56. The second-order valence-corrected chi connectivity index (χ2v) is 21.0. The molecule has 0 spiro atoms. The number of benzene rings is 4. The Balaban J connectivity index is 1.01. The Hall–Kier alpha value is -4.60. The first-order valence-corrected chi connectivity index (χ1v) is 26.9. The molecule has 0 fully saturated rings. The van der Waals surface area contributed by atoms with E-state index in [2.05, 4.69) is 161 Å². The Morgan fingerprint density at radius 1 is 0.344 bits per heavy atom. The molecule has 4 aromatic carbocycles. The van der Waals surface area contributed by atoms with Crippen LogP contribution in [-0.4, -0.2) is 0 Å². The smallest absolute Gasteiger partial charge is 0.0779 e. The highest BCUT2D eigenvalue weighted by Gasteiger charge is 2.43. The molecule has 2 aromatic heterocycles. The molecular weight excluding hydrogens is 809 g/mol. The van der Waals surface area contributed by atoms with Crippen LogP contribution in [0.3, 0.4) is 0 Å². The monoisotopic (exact) mass is 878 g/mol. The number of thiophene rings is 2. The van der Waals surface area contributed by atoms with Gasteiger partial charge in [-0.15, -0.1) is 22.7 Å². The Labute approximate surface area is 395 Å². The summed E-state index contributed by atoms with van der Waals surface area (Å²) < 4.78 is 0. The van der Waals surface area contributed by atoms with Crippen LogP contribution in [0.1, 0.15) is 199 Å². The summed E-state index contributed by atoms with van der Waals surface area (Å²) in [5, 5.41) is 0. The van der Waals surface area contributed by atoms with E-state index in [1.54, 1.807) is 33.8 Å². The van der Waals surface area contributed by atoms with Crippen molar-refractivity contribution in [3.8, 4) is 55.7 Å². The number of fused-ring (bicyclic) bond motifs is 6. The summed E-state index contributed by atoms with van der Waals surface area (Å²) in [5.41, 5.74) is 14.3. The summed E-state index contributed by atoms with van der Waals surface area (Å²) in [6, 6.07) is 41.6. The third kappa shape index (κ3) is 9.96. The Kier molecular flexibility index (Phi) is 15.8. The largest absolute Gasteiger partial charge is 0.126 e. The van der Waals surface area contributed by atoms with Gasteiger partial charge in [-0.05, 0) is 119 Å². The first-order chi connectivity index (χ1) is 31.5. The predicted octanol–water partition coefficient (Wildman–Crippen LogP) is 18.7. The third-order valence-electron chi connectivity index (χ3n) is 14.5. The topological polar surface area (TPSA) is 0 Å². The molecule has 0 saturated heterocycles. The van der Waals surface area contributed by atoms with Crippen LogP contribution < -0.4 is 0 Å². The number of hydrogen-bond donors (Lipinski definition) is 0. The fourth-order valence-electron chi connectivity index (χ4n) is 11.2. The number of hydrogen-bond acceptors (Lipinski definition) is 2. The van der Waals surface area contributed by atoms with Gasteiger partial charge in [-0.2, -0.15) is 0 Å². The second kappa shape index (κ2) is 22.1. The van der Waals surface area contributed by atoms with E-state index in [0.29, 0.717) is 0 Å². The number of unbranched alkanes of at least 4 members (excludes halogenated alkanes) is 12. The van der Waals surface area contributed by atoms with E-state index in [9.17, 15) is 0 Å². The van der Waals surface area contributed by atoms with Crippen LogP contribution in [-0.2, 0) is 10.8 Å². The third-order valence-corrected chi connectivity index (χ3v) is 16.7. The van der Waals surface area contributed by atoms with Crippen LogP contribution in [0.25, 0.3) is 32.0 Å². The minimum atomic E-state index is 0.0831. The second-order valence-electron chi connectivity index (χ2n) is 18.8. The van der Waals surface area contributed by atoms with E-state index in [1.807, 2.05) is 0 Å². The summed E-state index contributed by atoms with van der Waals surface area (Å²) in [7, 11) is 0. The van der Waals surface area contributed by atoms with Crippen molar-refractivity contribution in [3.63, 3.8) is 0 Å². The number of rotatable bonds is 21. The average molecular weight is 879 g/mol. The Morgan fingerprint density at radius 2 is 0.703 bits per heavy atom. The molecule has 2 heteroatoms. The summed E-state index contributed by atoms with van der Waals surface area (Å²) >= 11 is 3.59. The lowest BCUT2D eigenvalue weighted by atomic mass is 9.70. The lowest BCUT2D eigenvalue weighted by Crippen LogP contribution is -2.25. The standard InChI is InChI=1S/C62H70S2/c1-5-9-13-21-41-61(42-22-14-10-6-2)55-27-19-17-25-51(55)53-37-31-47(45-57(53)61)29-33-49-35-39-59(63-49)60-40-36-50(64-60)34-30-48-32-38-54-52-26-18-20-28-56(52)62(58(54)46-48,43-23-15-11-7-3)44-24-16-12-8-4/h17-20,25-28,31-32,35-40,45-46H,5-16,21-24,41-44H2,1-4H3. The average Bonchev–Trinajstić information content (AvgIpc) is 4.12. The van der Waals surface area contributed by atoms with Gasteiger partial charge in [-0.3, -0.25) is 0 Å². The minimum Gasteiger partial charge on any atom is -0.126 e. The molecule has 8 rings (SSSR count). The SMILES string of the molecule is CCCCCCC1(CCCCCC)c2ccccc2-c2ccc(C#Cc3ccc(-c4ccc(C#Cc5ccc6c(c5)C(CCCCCC)(CCCCCC)c5ccccc5-6)s4)s3)cc21. The zero-order valence-electron chi connectivity index (χ0n) is 39.4. The molecule has 0 N–H and O–H groups in total. The van der Waals surface area contributed by atoms with Crippen LogP contribution >= 0.6 is 22.7 Å². The van der Waals surface area contributed by atoms with Crippen LogP contribution in [0.15, 0.2) is 109 Å². The molecule has 0 amide bonds. The molecule has 64 heavy (non-hydrogen) atoms. The van der Waals surface area contributed by atoms with E-state index >= 15 is 0 Å². The minimum absolute atomic E-state index is 0.0831. The summed E-state index contributed by atoms with van der Waals surface area (Å²) in [5.74, 6) is 14.4. The molecule has 2 aliphatic rings. The van der Waals surface area contributed by atoms with E-state index in [-0.39, 0.29) is 10.8 Å². The summed E-state index contributed by atoms with van der Waals surface area (Å²) in [6.07, 6.45) is 25.6. The highest BCUT2D eigenvalue weighted by molar-refractivity contribution is 7.22. The van der Waals surface area contributed by atoms with Crippen molar-refractivity contribution in [1.29, 1.82) is 0 Å². The van der Waals surface area contributed by atoms with Gasteiger partial charge in [0.15, 0.2) is 0 Å². The van der Waals surface area contributed by atoms with Crippen LogP contribution in [0.2, 0.25) is 0 Å². The van der Waals surface area contributed by atoms with Crippen molar-refractivity contribution in [1.82, 2.24) is 0 Å². The molecule has 0 saturated carbocycles. The maximum Gasteiger partial charge on any atom is 0.0779 e. The van der Waals surface area contributed by atoms with Gasteiger partial charge in [0.1, 0.15) is 0 Å². The zero-order valence-corrected chi connectivity index (χ0v) is 41.0. The van der Waals surface area contributed by atoms with Gasteiger partial charge in [-0.1, -0.05) is 215 Å². The molecule has 0 aliphatic heterocycles. The van der Waals surface area contributed by atoms with E-state index in [1.165, 1.54) is 172 Å². The normalized spacial score (nSPS) is 13.6. The van der Waals surface area contributed by atoms with Crippen LogP contribution in [0.4, 0.5) is 0 Å². The Bertz CT molecular complexity index is 2400. The molecule has 2 heterocycles. The lowest BCUT2D eigenvalue weighted by molar-refractivity contribution is 0.401. The van der Waals surface area contributed by atoms with E-state index in [4.69, 9.17) is 0 Å². The van der Waals surface area contributed by atoms with Crippen molar-refractivity contribution in [3.05, 3.63) is 152 Å². The maximum absolute atomic E-state index is 3.62. The van der Waals surface area contributed by atoms with Gasteiger partial charge < -0.3 is 0 Å². The predicted molar refractivity (Wildman–Crippen MR) is 280 cm³/mol. The van der Waals surface area contributed by atoms with Crippen molar-refractivity contribution in [2.75, 3.05) is 0 Å². The zero-order chi connectivity index (χ0) is 44.2. The van der Waals surface area contributed by atoms with Gasteiger partial charge in [0.2, 0.25) is 0 Å². The van der Waals surface area contributed by atoms with Crippen LogP contribution in [0.5, 0.6) is 0 Å². The molecule has 0 unspecified atom stereocenters. The van der Waals surface area contributed by atoms with Crippen LogP contribution in [0, 0.1) is 23.7 Å². The van der Waals surface area contributed by atoms with Gasteiger partial charge in [0.05, 0.1) is 9.75 Å². The van der Waals surface area contributed by atoms with E-state index in [0.717, 1.165) is 20.9 Å². The maximum atomic E-state index is 3.62. The van der Waals surface area contributed by atoms with Crippen molar-refractivity contribution >= 4 is 22.7 Å². The first kappa shape index (κ1) is 45.9. The van der Waals surface area contributed by atoms with Gasteiger partial charge in [0, 0.05) is 31.7 Å². The molecule has 6 aromatic rings. The van der Waals surface area contributed by atoms with Crippen molar-refractivity contribution in [2.24, 2.45) is 0 Å². The lowest BCUT2D eigenvalue weighted by Gasteiger charge is -2.33. The fraction of sp³-hybridized carbons (Fsp3) is 0.419. The molecule has 0 bridgehead atoms. The van der Waals surface area contributed by atoms with Gasteiger partial charge in [0.25, 0.3) is 0 Å². The molecule has 0 atom stereocenters. The molecular formula is C62H70S2. The molecule has 0 nitrogen and oxygen atoms in total. The molecule has 0 radical (unpaired) electrons. The quantitative estimate of drug-likeness (QED) is 0.0499. The van der Waals surface area contributed by atoms with Gasteiger partial charge >= 0.3 is 0 Å². The van der Waals surface area contributed by atoms with Crippen molar-refractivity contribution in [2.45, 2.75) is 167 Å². The fourth-order valence-corrected chi connectivity index (χ4v) is 13.0. The molecule has 2 aliphatic carbocycles. The van der Waals surface area contributed by atoms with E-state index < -0.39 is 0 Å². The Morgan fingerprint density at radius 3 is 1.08 bits per heavy atom. The first-order valence-electron chi connectivity index (χ1n) is 25.3. The molecule has 330 valence electrons. The van der Waals surface area contributed by atoms with Gasteiger partial charge in [-0.25, -0.2) is 0 Å². The summed E-state index contributed by atoms with van der Waals surface area (Å²) in [6.45, 7) is 9.27. The highest BCUT2D eigenvalue weighted by atomic mass is 32.1.